The summed E-state index contributed by atoms with van der Waals surface area (Å²) < 4.78 is 4.54. The van der Waals surface area contributed by atoms with Gasteiger partial charge in [-0.05, 0) is 12.8 Å². The minimum Gasteiger partial charge on any atom is -0.393 e. The van der Waals surface area contributed by atoms with E-state index in [1.807, 2.05) is 12.2 Å². The quantitative estimate of drug-likeness (QED) is 0.0809. The molecule has 30 heavy (non-hydrogen) atoms. The van der Waals surface area contributed by atoms with Gasteiger partial charge in [0.05, 0.1) is 12.3 Å². The van der Waals surface area contributed by atoms with Gasteiger partial charge in [-0.25, -0.2) is 0 Å². The zero-order valence-corrected chi connectivity index (χ0v) is 19.8. The average Bonchev–Trinajstić information content (AvgIpc) is 3.06. The summed E-state index contributed by atoms with van der Waals surface area (Å²) in [5.74, 6) is -1.11. The lowest BCUT2D eigenvalue weighted by molar-refractivity contribution is -0.152. The van der Waals surface area contributed by atoms with Crippen molar-refractivity contribution in [1.29, 1.82) is 0 Å². The van der Waals surface area contributed by atoms with E-state index in [1.165, 1.54) is 122 Å². The Morgan fingerprint density at radius 2 is 1.07 bits per heavy atom. The van der Waals surface area contributed by atoms with Crippen molar-refractivity contribution in [3.8, 4) is 0 Å². The Morgan fingerprint density at radius 3 is 1.43 bits per heavy atom. The molecule has 0 bridgehead atoms. The molecule has 0 aliphatic carbocycles. The van der Waals surface area contributed by atoms with Crippen molar-refractivity contribution >= 4 is 11.9 Å². The lowest BCUT2D eigenvalue weighted by Crippen LogP contribution is -2.03. The summed E-state index contributed by atoms with van der Waals surface area (Å²) in [6.07, 6.45) is 31.6. The van der Waals surface area contributed by atoms with Crippen LogP contribution in [0.1, 0.15) is 142 Å². The number of rotatable bonds is 21. The molecule has 0 aromatic rings. The average molecular weight is 421 g/mol. The van der Waals surface area contributed by atoms with Crippen LogP contribution in [0.5, 0.6) is 0 Å². The second-order valence-electron chi connectivity index (χ2n) is 9.18. The van der Waals surface area contributed by atoms with Crippen molar-refractivity contribution in [1.82, 2.24) is 0 Å². The summed E-state index contributed by atoms with van der Waals surface area (Å²) in [4.78, 5) is 22.3. The maximum absolute atomic E-state index is 11.3. The summed E-state index contributed by atoms with van der Waals surface area (Å²) >= 11 is 0. The van der Waals surface area contributed by atoms with Crippen LogP contribution in [0.3, 0.4) is 0 Å². The van der Waals surface area contributed by atoms with Gasteiger partial charge in [-0.1, -0.05) is 135 Å². The van der Waals surface area contributed by atoms with E-state index in [0.29, 0.717) is 0 Å². The highest BCUT2D eigenvalue weighted by molar-refractivity contribution is 5.95. The molecule has 1 aliphatic rings. The molecule has 1 heterocycles. The number of carbonyl (C=O) groups excluding carboxylic acids is 2. The molecule has 0 N–H and O–H groups in total. The molecular weight excluding hydrogens is 372 g/mol. The van der Waals surface area contributed by atoms with E-state index < -0.39 is 5.97 Å². The molecule has 0 aromatic heterocycles. The van der Waals surface area contributed by atoms with Gasteiger partial charge in [-0.2, -0.15) is 0 Å². The molecule has 1 unspecified atom stereocenters. The van der Waals surface area contributed by atoms with Crippen LogP contribution in [-0.2, 0) is 14.3 Å². The van der Waals surface area contributed by atoms with E-state index in [-0.39, 0.29) is 18.3 Å². The van der Waals surface area contributed by atoms with Gasteiger partial charge < -0.3 is 4.74 Å². The van der Waals surface area contributed by atoms with Crippen LogP contribution < -0.4 is 0 Å². The minimum absolute atomic E-state index is 0.217. The highest BCUT2D eigenvalue weighted by Crippen LogP contribution is 2.18. The molecule has 174 valence electrons. The molecule has 0 saturated carbocycles. The van der Waals surface area contributed by atoms with Crippen molar-refractivity contribution in [3.05, 3.63) is 12.2 Å². The number of hydrogen-bond acceptors (Lipinski definition) is 3. The van der Waals surface area contributed by atoms with Crippen molar-refractivity contribution in [2.45, 2.75) is 142 Å². The van der Waals surface area contributed by atoms with Gasteiger partial charge in [0, 0.05) is 0 Å². The lowest BCUT2D eigenvalue weighted by atomic mass is 10.0. The topological polar surface area (TPSA) is 43.4 Å². The first-order chi connectivity index (χ1) is 14.7. The smallest absolute Gasteiger partial charge is 0.321 e. The Kier molecular flexibility index (Phi) is 17.8. The normalized spacial score (nSPS) is 16.6. The third-order valence-electron chi connectivity index (χ3n) is 6.25. The number of unbranched alkanes of at least 4 members (excludes halogenated alkanes) is 19. The molecule has 1 saturated heterocycles. The van der Waals surface area contributed by atoms with E-state index in [9.17, 15) is 9.59 Å². The maximum atomic E-state index is 11.3. The molecule has 1 rings (SSSR count). The van der Waals surface area contributed by atoms with Crippen LogP contribution in [0.2, 0.25) is 0 Å². The number of allylic oxidation sites excluding steroid dienone is 1. The molecule has 1 fully saturated rings. The third-order valence-corrected chi connectivity index (χ3v) is 6.25. The molecule has 3 nitrogen and oxygen atoms in total. The molecular formula is C27H48O3. The van der Waals surface area contributed by atoms with Gasteiger partial charge in [0.2, 0.25) is 0 Å². The summed E-state index contributed by atoms with van der Waals surface area (Å²) in [5, 5.41) is 0. The van der Waals surface area contributed by atoms with Gasteiger partial charge >= 0.3 is 11.9 Å². The second kappa shape index (κ2) is 19.8. The molecule has 1 atom stereocenters. The summed E-state index contributed by atoms with van der Waals surface area (Å²) in [5.41, 5.74) is 0. The van der Waals surface area contributed by atoms with Crippen LogP contribution in [-0.4, -0.2) is 11.9 Å². The monoisotopic (exact) mass is 420 g/mol. The summed E-state index contributed by atoms with van der Waals surface area (Å²) in [7, 11) is 0. The van der Waals surface area contributed by atoms with Gasteiger partial charge in [-0.3, -0.25) is 9.59 Å². The predicted molar refractivity (Wildman–Crippen MR) is 126 cm³/mol. The Hall–Kier alpha value is -1.12. The molecule has 3 heteroatoms. The first-order valence-corrected chi connectivity index (χ1v) is 13.1. The Labute approximate surface area is 186 Å². The largest absolute Gasteiger partial charge is 0.393 e. The number of esters is 2. The fraction of sp³-hybridized carbons (Fsp3) is 0.852. The van der Waals surface area contributed by atoms with Gasteiger partial charge in [0.15, 0.2) is 0 Å². The van der Waals surface area contributed by atoms with Crippen LogP contribution in [0, 0.1) is 5.92 Å². The van der Waals surface area contributed by atoms with E-state index >= 15 is 0 Å². The zero-order chi connectivity index (χ0) is 21.7. The SMILES string of the molecule is CCCCCCCCCCCCCCCCCCCCCC=CC1CC(=O)OC1=O. The fourth-order valence-electron chi connectivity index (χ4n) is 4.24. The Bertz CT molecular complexity index is 455. The Morgan fingerprint density at radius 1 is 0.667 bits per heavy atom. The number of cyclic esters (lactones) is 2. The van der Waals surface area contributed by atoms with E-state index in [4.69, 9.17) is 0 Å². The van der Waals surface area contributed by atoms with Crippen molar-refractivity contribution in [3.63, 3.8) is 0 Å². The van der Waals surface area contributed by atoms with Crippen molar-refractivity contribution < 1.29 is 14.3 Å². The van der Waals surface area contributed by atoms with Gasteiger partial charge in [-0.15, -0.1) is 0 Å². The summed E-state index contributed by atoms with van der Waals surface area (Å²) in [6.45, 7) is 2.29. The molecule has 0 spiro atoms. The van der Waals surface area contributed by atoms with E-state index in [1.54, 1.807) is 0 Å². The first kappa shape index (κ1) is 26.9. The van der Waals surface area contributed by atoms with E-state index in [2.05, 4.69) is 11.7 Å². The van der Waals surface area contributed by atoms with Crippen LogP contribution in [0.25, 0.3) is 0 Å². The highest BCUT2D eigenvalue weighted by atomic mass is 16.6. The summed E-state index contributed by atoms with van der Waals surface area (Å²) in [6, 6.07) is 0. The van der Waals surface area contributed by atoms with Crippen LogP contribution >= 0.6 is 0 Å². The van der Waals surface area contributed by atoms with Gasteiger partial charge in [0.25, 0.3) is 0 Å². The standard InChI is InChI=1S/C27H48O3/c1-2-3-4-5-6-7-8-9-10-11-12-13-14-15-16-17-18-19-20-21-22-23-25-24-26(28)30-27(25)29/h22-23,25H,2-21,24H2,1H3. The fourth-order valence-corrected chi connectivity index (χ4v) is 4.24. The van der Waals surface area contributed by atoms with E-state index in [0.717, 1.165) is 6.42 Å². The van der Waals surface area contributed by atoms with Crippen molar-refractivity contribution in [2.24, 2.45) is 5.92 Å². The minimum atomic E-state index is -0.391. The number of carbonyl (C=O) groups is 2. The van der Waals surface area contributed by atoms with Crippen LogP contribution in [0.4, 0.5) is 0 Å². The van der Waals surface area contributed by atoms with Crippen LogP contribution in [0.15, 0.2) is 12.2 Å². The lowest BCUT2D eigenvalue weighted by Gasteiger charge is -2.04. The van der Waals surface area contributed by atoms with Crippen molar-refractivity contribution in [2.75, 3.05) is 0 Å². The second-order valence-corrected chi connectivity index (χ2v) is 9.18. The molecule has 0 radical (unpaired) electrons. The molecule has 1 aliphatic heterocycles. The molecule has 0 amide bonds. The molecule has 0 aromatic carbocycles. The first-order valence-electron chi connectivity index (χ1n) is 13.1. The third kappa shape index (κ3) is 15.7. The maximum Gasteiger partial charge on any atom is 0.321 e. The zero-order valence-electron chi connectivity index (χ0n) is 19.8. The Balaban J connectivity index is 1.71. The highest BCUT2D eigenvalue weighted by Gasteiger charge is 2.30. The van der Waals surface area contributed by atoms with Gasteiger partial charge in [0.1, 0.15) is 0 Å². The number of hydrogen-bond donors (Lipinski definition) is 0. The number of ether oxygens (including phenoxy) is 1. The predicted octanol–water partition coefficient (Wildman–Crippen LogP) is 8.45.